The number of ether oxygens (including phenoxy) is 1. The van der Waals surface area contributed by atoms with Crippen molar-refractivity contribution in [3.05, 3.63) is 70.7 Å². The highest BCUT2D eigenvalue weighted by atomic mass is 35.5. The number of hydrogen-bond acceptors (Lipinski definition) is 5. The second kappa shape index (κ2) is 8.49. The zero-order chi connectivity index (χ0) is 21.2. The van der Waals surface area contributed by atoms with Crippen LogP contribution in [0.4, 0.5) is 0 Å². The number of esters is 1. The summed E-state index contributed by atoms with van der Waals surface area (Å²) in [5.41, 5.74) is -1.26. The quantitative estimate of drug-likeness (QED) is 0.427. The van der Waals surface area contributed by atoms with Gasteiger partial charge in [0.25, 0.3) is 5.72 Å². The van der Waals surface area contributed by atoms with Gasteiger partial charge in [0.15, 0.2) is 10.9 Å². The molecule has 2 aromatic carbocycles. The number of ketones is 1. The van der Waals surface area contributed by atoms with Crippen molar-refractivity contribution in [1.29, 1.82) is 0 Å². The maximum atomic E-state index is 13.5. The summed E-state index contributed by atoms with van der Waals surface area (Å²) in [4.78, 5) is 27.6. The van der Waals surface area contributed by atoms with E-state index in [0.29, 0.717) is 16.1 Å². The molecule has 1 aliphatic rings. The number of likely N-dealkylation sites (N-methyl/N-ethyl adjacent to an activating group) is 1. The van der Waals surface area contributed by atoms with Crippen LogP contribution in [0.2, 0.25) is 5.02 Å². The average Bonchev–Trinajstić information content (AvgIpc) is 2.72. The van der Waals surface area contributed by atoms with Crippen LogP contribution in [0, 0.1) is 5.92 Å². The number of benzene rings is 2. The molecule has 2 N–H and O–H groups in total. The monoisotopic (exact) mass is 432 g/mol. The van der Waals surface area contributed by atoms with Crippen molar-refractivity contribution in [1.82, 2.24) is 10.2 Å². The lowest BCUT2D eigenvalue weighted by molar-refractivity contribution is -0.191. The van der Waals surface area contributed by atoms with Gasteiger partial charge in [-0.3, -0.25) is 4.79 Å². The molecule has 152 valence electrons. The minimum atomic E-state index is -2.28. The molecular formula is C21H21ClN2O4S. The molecule has 8 heteroatoms. The Morgan fingerprint density at radius 3 is 2.41 bits per heavy atom. The second-order valence-corrected chi connectivity index (χ2v) is 7.52. The molecule has 6 nitrogen and oxygen atoms in total. The molecule has 1 fully saturated rings. The van der Waals surface area contributed by atoms with Crippen molar-refractivity contribution >= 4 is 40.7 Å². The predicted octanol–water partition coefficient (Wildman–Crippen LogP) is 2.95. The molecule has 29 heavy (non-hydrogen) atoms. The molecule has 2 aromatic rings. The molecular weight excluding hydrogens is 412 g/mol. The number of carbonyl (C=O) groups is 2. The third kappa shape index (κ3) is 3.85. The van der Waals surface area contributed by atoms with Crippen LogP contribution in [0.15, 0.2) is 54.6 Å². The minimum absolute atomic E-state index is 0.0486. The van der Waals surface area contributed by atoms with E-state index in [2.05, 4.69) is 5.32 Å². The van der Waals surface area contributed by atoms with E-state index in [-0.39, 0.29) is 11.7 Å². The van der Waals surface area contributed by atoms with Gasteiger partial charge in [-0.25, -0.2) is 4.79 Å². The molecule has 0 amide bonds. The Morgan fingerprint density at radius 2 is 1.83 bits per heavy atom. The lowest BCUT2D eigenvalue weighted by Crippen LogP contribution is -2.70. The Hall–Kier alpha value is -2.48. The normalized spacial score (nSPS) is 24.0. The summed E-state index contributed by atoms with van der Waals surface area (Å²) < 4.78 is 5.13. The van der Waals surface area contributed by atoms with E-state index in [1.807, 2.05) is 0 Å². The van der Waals surface area contributed by atoms with E-state index in [9.17, 15) is 14.7 Å². The number of carbonyl (C=O) groups excluding carboxylic acids is 2. The van der Waals surface area contributed by atoms with Crippen LogP contribution < -0.4 is 5.32 Å². The molecule has 0 aromatic heterocycles. The molecule has 3 atom stereocenters. The Labute approximate surface area is 179 Å². The van der Waals surface area contributed by atoms with Crippen molar-refractivity contribution in [2.45, 2.75) is 18.7 Å². The summed E-state index contributed by atoms with van der Waals surface area (Å²) >= 11 is 11.3. The minimum Gasteiger partial charge on any atom is -0.462 e. The van der Waals surface area contributed by atoms with Gasteiger partial charge in [-0.15, -0.1) is 0 Å². The number of Topliss-reactive ketones (excluding diaryl/α,β-unsaturated/α-hetero) is 1. The fraction of sp³-hybridized carbons (Fsp3) is 0.286. The first kappa shape index (κ1) is 21.2. The zero-order valence-electron chi connectivity index (χ0n) is 16.0. The van der Waals surface area contributed by atoms with Gasteiger partial charge in [-0.1, -0.05) is 54.1 Å². The summed E-state index contributed by atoms with van der Waals surface area (Å²) in [6.45, 7) is 1.68. The number of thiocarbonyl (C=S) groups is 1. The summed E-state index contributed by atoms with van der Waals surface area (Å²) in [7, 11) is 1.45. The molecule has 3 unspecified atom stereocenters. The van der Waals surface area contributed by atoms with Crippen molar-refractivity contribution < 1.29 is 19.4 Å². The molecule has 1 heterocycles. The number of nitrogens with one attached hydrogen (secondary N) is 1. The molecule has 1 aliphatic heterocycles. The van der Waals surface area contributed by atoms with Gasteiger partial charge in [-0.2, -0.15) is 0 Å². The van der Waals surface area contributed by atoms with Gasteiger partial charge in [0, 0.05) is 17.6 Å². The van der Waals surface area contributed by atoms with Crippen LogP contribution in [-0.4, -0.2) is 46.3 Å². The van der Waals surface area contributed by atoms with Crippen molar-refractivity contribution in [3.8, 4) is 0 Å². The first-order valence-electron chi connectivity index (χ1n) is 9.09. The predicted molar refractivity (Wildman–Crippen MR) is 114 cm³/mol. The SMILES string of the molecule is CCOC(=O)C1(O)C(C(=O)c2ccccc2)C(c2ccc(Cl)cc2)NC(=S)N1C. The molecule has 1 saturated heterocycles. The van der Waals surface area contributed by atoms with Crippen LogP contribution in [0.1, 0.15) is 28.9 Å². The zero-order valence-corrected chi connectivity index (χ0v) is 17.5. The fourth-order valence-electron chi connectivity index (χ4n) is 3.47. The number of hydrogen-bond donors (Lipinski definition) is 2. The first-order valence-corrected chi connectivity index (χ1v) is 9.88. The highest BCUT2D eigenvalue weighted by Crippen LogP contribution is 2.40. The van der Waals surface area contributed by atoms with Crippen molar-refractivity contribution in [2.75, 3.05) is 13.7 Å². The molecule has 0 saturated carbocycles. The Kier molecular flexibility index (Phi) is 6.21. The molecule has 0 aliphatic carbocycles. The van der Waals surface area contributed by atoms with Crippen molar-refractivity contribution in [2.24, 2.45) is 5.92 Å². The standard InChI is InChI=1S/C21H21ClN2O4S/c1-3-28-19(26)21(27)16(18(25)14-7-5-4-6-8-14)17(23-20(29)24(21)2)13-9-11-15(22)12-10-13/h4-12,16-17,27H,3H2,1-2H3,(H,23,29). The average molecular weight is 433 g/mol. The molecule has 0 bridgehead atoms. The highest BCUT2D eigenvalue weighted by Gasteiger charge is 2.59. The van der Waals surface area contributed by atoms with Crippen LogP contribution >= 0.6 is 23.8 Å². The van der Waals surface area contributed by atoms with Gasteiger partial charge in [0.1, 0.15) is 5.92 Å². The summed E-state index contributed by atoms with van der Waals surface area (Å²) in [5.74, 6) is -2.57. The maximum Gasteiger partial charge on any atom is 0.360 e. The topological polar surface area (TPSA) is 78.9 Å². The largest absolute Gasteiger partial charge is 0.462 e. The van der Waals surface area contributed by atoms with Crippen LogP contribution in [0.5, 0.6) is 0 Å². The molecule has 3 rings (SSSR count). The smallest absolute Gasteiger partial charge is 0.360 e. The van der Waals surface area contributed by atoms with Gasteiger partial charge in [0.05, 0.1) is 12.6 Å². The maximum absolute atomic E-state index is 13.5. The van der Waals surface area contributed by atoms with E-state index in [4.69, 9.17) is 28.6 Å². The Morgan fingerprint density at radius 1 is 1.21 bits per heavy atom. The van der Waals surface area contributed by atoms with Crippen LogP contribution in [0.25, 0.3) is 0 Å². The van der Waals surface area contributed by atoms with Crippen LogP contribution in [-0.2, 0) is 9.53 Å². The number of nitrogens with zero attached hydrogens (tertiary/aromatic N) is 1. The lowest BCUT2D eigenvalue weighted by atomic mass is 9.77. The number of halogens is 1. The van der Waals surface area contributed by atoms with E-state index in [0.717, 1.165) is 0 Å². The van der Waals surface area contributed by atoms with E-state index >= 15 is 0 Å². The van der Waals surface area contributed by atoms with E-state index < -0.39 is 29.4 Å². The summed E-state index contributed by atoms with van der Waals surface area (Å²) in [6, 6.07) is 14.5. The van der Waals surface area contributed by atoms with Crippen molar-refractivity contribution in [3.63, 3.8) is 0 Å². The van der Waals surface area contributed by atoms with Gasteiger partial charge < -0.3 is 20.1 Å². The fourth-order valence-corrected chi connectivity index (χ4v) is 3.86. The first-order chi connectivity index (χ1) is 13.8. The summed E-state index contributed by atoms with van der Waals surface area (Å²) in [6.07, 6.45) is 0. The second-order valence-electron chi connectivity index (χ2n) is 6.69. The van der Waals surface area contributed by atoms with Gasteiger partial charge >= 0.3 is 5.97 Å². The number of rotatable bonds is 5. The Balaban J connectivity index is 2.18. The third-order valence-electron chi connectivity index (χ3n) is 5.01. The van der Waals surface area contributed by atoms with Gasteiger partial charge in [0.2, 0.25) is 0 Å². The molecule has 0 spiro atoms. The van der Waals surface area contributed by atoms with Crippen LogP contribution in [0.3, 0.4) is 0 Å². The van der Waals surface area contributed by atoms with E-state index in [1.54, 1.807) is 61.5 Å². The lowest BCUT2D eigenvalue weighted by Gasteiger charge is -2.49. The number of aliphatic hydroxyl groups is 1. The highest BCUT2D eigenvalue weighted by molar-refractivity contribution is 7.80. The molecule has 0 radical (unpaired) electrons. The summed E-state index contributed by atoms with van der Waals surface area (Å²) in [5, 5.41) is 15.3. The third-order valence-corrected chi connectivity index (χ3v) is 5.65. The van der Waals surface area contributed by atoms with Gasteiger partial charge in [-0.05, 0) is 36.8 Å². The Bertz CT molecular complexity index is 922. The van der Waals surface area contributed by atoms with E-state index in [1.165, 1.54) is 11.9 Å².